The minimum atomic E-state index is -0.185. The number of imidazole rings is 1. The number of thiazole rings is 1. The van der Waals surface area contributed by atoms with Crippen molar-refractivity contribution in [1.82, 2.24) is 14.4 Å². The predicted octanol–water partition coefficient (Wildman–Crippen LogP) is 4.33. The Kier molecular flexibility index (Phi) is 3.82. The van der Waals surface area contributed by atoms with Crippen molar-refractivity contribution in [3.8, 4) is 11.3 Å². The van der Waals surface area contributed by atoms with E-state index in [9.17, 15) is 4.79 Å². The highest BCUT2D eigenvalue weighted by molar-refractivity contribution is 7.09. The molecule has 0 spiro atoms. The number of hydrogen-bond donors (Lipinski definition) is 1. The van der Waals surface area contributed by atoms with Crippen LogP contribution in [0.2, 0.25) is 0 Å². The van der Waals surface area contributed by atoms with Gasteiger partial charge in [-0.3, -0.25) is 9.20 Å². The van der Waals surface area contributed by atoms with Crippen LogP contribution in [0.25, 0.3) is 16.9 Å². The summed E-state index contributed by atoms with van der Waals surface area (Å²) in [5.41, 5.74) is 4.52. The molecule has 0 aliphatic carbocycles. The third kappa shape index (κ3) is 2.81. The van der Waals surface area contributed by atoms with Crippen LogP contribution in [0.3, 0.4) is 0 Å². The fourth-order valence-electron chi connectivity index (χ4n) is 2.87. The maximum atomic E-state index is 12.9. The standard InChI is InChI=1S/C19H16N4OS/c1-12-18(23-10-6-5-9-17(23)20-12)19(24)22-15-8-4-3-7-14(15)16-11-25-13(2)21-16/h3-11H,1-2H3,(H,22,24). The lowest BCUT2D eigenvalue weighted by Gasteiger charge is -2.10. The van der Waals surface area contributed by atoms with E-state index >= 15 is 0 Å². The summed E-state index contributed by atoms with van der Waals surface area (Å²) in [6.45, 7) is 3.81. The van der Waals surface area contributed by atoms with Gasteiger partial charge >= 0.3 is 0 Å². The summed E-state index contributed by atoms with van der Waals surface area (Å²) in [6, 6.07) is 13.4. The van der Waals surface area contributed by atoms with E-state index in [2.05, 4.69) is 15.3 Å². The minimum absolute atomic E-state index is 0.185. The van der Waals surface area contributed by atoms with E-state index in [4.69, 9.17) is 0 Å². The molecular weight excluding hydrogens is 332 g/mol. The van der Waals surface area contributed by atoms with E-state index < -0.39 is 0 Å². The number of hydrogen-bond acceptors (Lipinski definition) is 4. The molecule has 4 rings (SSSR count). The number of fused-ring (bicyclic) bond motifs is 1. The first-order valence-electron chi connectivity index (χ1n) is 7.90. The van der Waals surface area contributed by atoms with Gasteiger partial charge in [-0.25, -0.2) is 9.97 Å². The average molecular weight is 348 g/mol. The molecule has 3 heterocycles. The largest absolute Gasteiger partial charge is 0.320 e. The van der Waals surface area contributed by atoms with Crippen molar-refractivity contribution in [2.24, 2.45) is 0 Å². The molecule has 0 fully saturated rings. The molecule has 0 unspecified atom stereocenters. The molecule has 4 aromatic rings. The molecule has 6 heteroatoms. The van der Waals surface area contributed by atoms with Crippen molar-refractivity contribution in [3.63, 3.8) is 0 Å². The maximum absolute atomic E-state index is 12.9. The van der Waals surface area contributed by atoms with E-state index in [-0.39, 0.29) is 5.91 Å². The number of rotatable bonds is 3. The Morgan fingerprint density at radius 1 is 1.08 bits per heavy atom. The van der Waals surface area contributed by atoms with Gasteiger partial charge < -0.3 is 5.32 Å². The summed E-state index contributed by atoms with van der Waals surface area (Å²) in [4.78, 5) is 21.9. The first-order valence-corrected chi connectivity index (χ1v) is 8.78. The topological polar surface area (TPSA) is 59.3 Å². The highest BCUT2D eigenvalue weighted by atomic mass is 32.1. The van der Waals surface area contributed by atoms with Crippen molar-refractivity contribution < 1.29 is 4.79 Å². The molecular formula is C19H16N4OS. The van der Waals surface area contributed by atoms with Gasteiger partial charge in [-0.05, 0) is 32.0 Å². The van der Waals surface area contributed by atoms with E-state index in [1.165, 1.54) is 0 Å². The second kappa shape index (κ2) is 6.14. The second-order valence-electron chi connectivity index (χ2n) is 5.73. The zero-order valence-corrected chi connectivity index (χ0v) is 14.7. The van der Waals surface area contributed by atoms with Gasteiger partial charge in [0, 0.05) is 17.1 Å². The summed E-state index contributed by atoms with van der Waals surface area (Å²) in [5, 5.41) is 6.01. The minimum Gasteiger partial charge on any atom is -0.320 e. The molecule has 3 aromatic heterocycles. The van der Waals surface area contributed by atoms with E-state index in [0.717, 1.165) is 27.6 Å². The van der Waals surface area contributed by atoms with Crippen molar-refractivity contribution >= 4 is 28.6 Å². The van der Waals surface area contributed by atoms with Crippen molar-refractivity contribution in [2.75, 3.05) is 5.32 Å². The van der Waals surface area contributed by atoms with Crippen molar-refractivity contribution in [3.05, 3.63) is 70.4 Å². The number of pyridine rings is 1. The van der Waals surface area contributed by atoms with Gasteiger partial charge in [-0.1, -0.05) is 24.3 Å². The van der Waals surface area contributed by atoms with Crippen LogP contribution in [0, 0.1) is 13.8 Å². The Morgan fingerprint density at radius 3 is 2.68 bits per heavy atom. The molecule has 0 bridgehead atoms. The summed E-state index contributed by atoms with van der Waals surface area (Å²) in [6.07, 6.45) is 1.85. The Labute approximate surface area is 149 Å². The van der Waals surface area contributed by atoms with Gasteiger partial charge in [0.2, 0.25) is 0 Å². The van der Waals surface area contributed by atoms with Crippen molar-refractivity contribution in [1.29, 1.82) is 0 Å². The number of nitrogens with one attached hydrogen (secondary N) is 1. The number of nitrogens with zero attached hydrogens (tertiary/aromatic N) is 3. The lowest BCUT2D eigenvalue weighted by molar-refractivity contribution is 0.102. The van der Waals surface area contributed by atoms with Gasteiger partial charge in [0.1, 0.15) is 11.3 Å². The first kappa shape index (κ1) is 15.5. The van der Waals surface area contributed by atoms with Crippen molar-refractivity contribution in [2.45, 2.75) is 13.8 Å². The molecule has 0 aliphatic rings. The lowest BCUT2D eigenvalue weighted by atomic mass is 10.1. The van der Waals surface area contributed by atoms with Gasteiger partial charge in [0.05, 0.1) is 22.1 Å². The number of anilines is 1. The number of para-hydroxylation sites is 1. The number of aryl methyl sites for hydroxylation is 2. The molecule has 0 radical (unpaired) electrons. The Bertz CT molecular complexity index is 1080. The summed E-state index contributed by atoms with van der Waals surface area (Å²) in [5.74, 6) is -0.185. The number of carbonyl (C=O) groups is 1. The van der Waals surface area contributed by atoms with Crippen LogP contribution in [0.4, 0.5) is 5.69 Å². The van der Waals surface area contributed by atoms with Gasteiger partial charge in [0.25, 0.3) is 5.91 Å². The van der Waals surface area contributed by atoms with Crippen LogP contribution in [0.15, 0.2) is 54.0 Å². The van der Waals surface area contributed by atoms with Crippen LogP contribution >= 0.6 is 11.3 Å². The molecule has 0 saturated carbocycles. The smallest absolute Gasteiger partial charge is 0.274 e. The summed E-state index contributed by atoms with van der Waals surface area (Å²) < 4.78 is 1.81. The third-order valence-electron chi connectivity index (χ3n) is 3.99. The van der Waals surface area contributed by atoms with Gasteiger partial charge in [-0.2, -0.15) is 0 Å². The quantitative estimate of drug-likeness (QED) is 0.599. The maximum Gasteiger partial charge on any atom is 0.274 e. The number of aromatic nitrogens is 3. The Morgan fingerprint density at radius 2 is 1.88 bits per heavy atom. The van der Waals surface area contributed by atoms with E-state index in [1.807, 2.05) is 67.9 Å². The molecule has 5 nitrogen and oxygen atoms in total. The van der Waals surface area contributed by atoms with Crippen LogP contribution < -0.4 is 5.32 Å². The summed E-state index contributed by atoms with van der Waals surface area (Å²) in [7, 11) is 0. The molecule has 25 heavy (non-hydrogen) atoms. The number of amides is 1. The Balaban J connectivity index is 1.73. The SMILES string of the molecule is Cc1nc(-c2ccccc2NC(=O)c2c(C)nc3ccccn23)cs1. The fourth-order valence-corrected chi connectivity index (χ4v) is 3.48. The van der Waals surface area contributed by atoms with Crippen LogP contribution in [-0.4, -0.2) is 20.3 Å². The molecule has 0 saturated heterocycles. The molecule has 124 valence electrons. The van der Waals surface area contributed by atoms with E-state index in [0.29, 0.717) is 11.4 Å². The molecule has 1 N–H and O–H groups in total. The van der Waals surface area contributed by atoms with Crippen LogP contribution in [0.5, 0.6) is 0 Å². The zero-order chi connectivity index (χ0) is 17.4. The molecule has 1 aromatic carbocycles. The first-order chi connectivity index (χ1) is 12.1. The normalized spacial score (nSPS) is 11.0. The lowest BCUT2D eigenvalue weighted by Crippen LogP contribution is -2.16. The van der Waals surface area contributed by atoms with Crippen LogP contribution in [0.1, 0.15) is 21.2 Å². The number of benzene rings is 1. The summed E-state index contributed by atoms with van der Waals surface area (Å²) >= 11 is 1.59. The monoisotopic (exact) mass is 348 g/mol. The van der Waals surface area contributed by atoms with Gasteiger partial charge in [0.15, 0.2) is 0 Å². The number of carbonyl (C=O) groups excluding carboxylic acids is 1. The molecule has 0 atom stereocenters. The van der Waals surface area contributed by atoms with Crippen LogP contribution in [-0.2, 0) is 0 Å². The highest BCUT2D eigenvalue weighted by Crippen LogP contribution is 2.29. The predicted molar refractivity (Wildman–Crippen MR) is 100 cm³/mol. The molecule has 0 aliphatic heterocycles. The van der Waals surface area contributed by atoms with E-state index in [1.54, 1.807) is 15.7 Å². The average Bonchev–Trinajstić information content (AvgIpc) is 3.17. The van der Waals surface area contributed by atoms with Gasteiger partial charge in [-0.15, -0.1) is 11.3 Å². The highest BCUT2D eigenvalue weighted by Gasteiger charge is 2.18. The Hall–Kier alpha value is -2.99. The molecule has 1 amide bonds. The zero-order valence-electron chi connectivity index (χ0n) is 13.9. The third-order valence-corrected chi connectivity index (χ3v) is 4.76. The fraction of sp³-hybridized carbons (Fsp3) is 0.105. The second-order valence-corrected chi connectivity index (χ2v) is 6.79.